The minimum atomic E-state index is -3.76. The summed E-state index contributed by atoms with van der Waals surface area (Å²) in [5, 5.41) is 0. The van der Waals surface area contributed by atoms with Crippen molar-refractivity contribution in [2.75, 3.05) is 0 Å². The zero-order valence-electron chi connectivity index (χ0n) is 14.2. The van der Waals surface area contributed by atoms with Crippen LogP contribution in [0.1, 0.15) is 0 Å². The van der Waals surface area contributed by atoms with E-state index in [9.17, 15) is 8.42 Å². The SMILES string of the molecule is O=S(=O)(c1ccccc1)c1cnc(-c2ccccn2)nc1-c1ccccc1. The topological polar surface area (TPSA) is 72.8 Å². The van der Waals surface area contributed by atoms with Crippen LogP contribution in [0.15, 0.2) is 101 Å². The summed E-state index contributed by atoms with van der Waals surface area (Å²) in [5.74, 6) is 0.376. The van der Waals surface area contributed by atoms with Crippen LogP contribution in [0.3, 0.4) is 0 Å². The summed E-state index contributed by atoms with van der Waals surface area (Å²) in [4.78, 5) is 13.4. The van der Waals surface area contributed by atoms with E-state index in [2.05, 4.69) is 15.0 Å². The second kappa shape index (κ2) is 7.09. The van der Waals surface area contributed by atoms with Gasteiger partial charge >= 0.3 is 0 Å². The Morgan fingerprint density at radius 2 is 1.37 bits per heavy atom. The van der Waals surface area contributed by atoms with Gasteiger partial charge in [0.05, 0.1) is 16.8 Å². The average molecular weight is 373 g/mol. The summed E-state index contributed by atoms with van der Waals surface area (Å²) in [6.45, 7) is 0. The predicted molar refractivity (Wildman–Crippen MR) is 103 cm³/mol. The second-order valence-electron chi connectivity index (χ2n) is 5.80. The average Bonchev–Trinajstić information content (AvgIpc) is 2.75. The highest BCUT2D eigenvalue weighted by molar-refractivity contribution is 7.91. The molecule has 27 heavy (non-hydrogen) atoms. The highest BCUT2D eigenvalue weighted by Gasteiger charge is 2.24. The van der Waals surface area contributed by atoms with Gasteiger partial charge in [0.1, 0.15) is 10.6 Å². The smallest absolute Gasteiger partial charge is 0.210 e. The summed E-state index contributed by atoms with van der Waals surface area (Å²) in [7, 11) is -3.76. The Balaban J connectivity index is 1.95. The van der Waals surface area contributed by atoms with Crippen molar-refractivity contribution in [3.05, 3.63) is 91.3 Å². The van der Waals surface area contributed by atoms with Gasteiger partial charge in [-0.2, -0.15) is 0 Å². The van der Waals surface area contributed by atoms with Crippen molar-refractivity contribution in [2.24, 2.45) is 0 Å². The van der Waals surface area contributed by atoms with Crippen molar-refractivity contribution in [3.8, 4) is 22.8 Å². The third kappa shape index (κ3) is 3.35. The molecule has 0 radical (unpaired) electrons. The molecular weight excluding hydrogens is 358 g/mol. The van der Waals surface area contributed by atoms with E-state index in [-0.39, 0.29) is 9.79 Å². The van der Waals surface area contributed by atoms with E-state index in [0.717, 1.165) is 0 Å². The first kappa shape index (κ1) is 17.1. The molecule has 0 aliphatic carbocycles. The third-order valence-corrected chi connectivity index (χ3v) is 5.81. The first-order valence-corrected chi connectivity index (χ1v) is 9.78. The number of rotatable bonds is 4. The fraction of sp³-hybridized carbons (Fsp3) is 0. The molecule has 0 unspecified atom stereocenters. The Hall–Kier alpha value is -3.38. The molecule has 0 saturated carbocycles. The van der Waals surface area contributed by atoms with E-state index >= 15 is 0 Å². The van der Waals surface area contributed by atoms with Crippen LogP contribution in [-0.2, 0) is 9.84 Å². The first-order valence-electron chi connectivity index (χ1n) is 8.30. The Morgan fingerprint density at radius 1 is 0.704 bits per heavy atom. The molecule has 4 rings (SSSR count). The molecular formula is C21H15N3O2S. The van der Waals surface area contributed by atoms with Gasteiger partial charge < -0.3 is 0 Å². The zero-order valence-corrected chi connectivity index (χ0v) is 15.0. The summed E-state index contributed by atoms with van der Waals surface area (Å²) in [6, 6.07) is 22.9. The van der Waals surface area contributed by atoms with Gasteiger partial charge in [-0.25, -0.2) is 18.4 Å². The van der Waals surface area contributed by atoms with Crippen molar-refractivity contribution in [3.63, 3.8) is 0 Å². The third-order valence-electron chi connectivity index (χ3n) is 4.04. The molecule has 0 aliphatic heterocycles. The summed E-state index contributed by atoms with van der Waals surface area (Å²) in [6.07, 6.45) is 3.01. The van der Waals surface area contributed by atoms with Gasteiger partial charge in [0, 0.05) is 11.8 Å². The molecule has 0 N–H and O–H groups in total. The van der Waals surface area contributed by atoms with Gasteiger partial charge in [-0.15, -0.1) is 0 Å². The molecule has 0 fully saturated rings. The Morgan fingerprint density at radius 3 is 2.04 bits per heavy atom. The highest BCUT2D eigenvalue weighted by atomic mass is 32.2. The molecule has 0 atom stereocenters. The minimum Gasteiger partial charge on any atom is -0.253 e. The number of hydrogen-bond donors (Lipinski definition) is 0. The molecule has 6 heteroatoms. The van der Waals surface area contributed by atoms with Crippen LogP contribution in [0, 0.1) is 0 Å². The lowest BCUT2D eigenvalue weighted by Crippen LogP contribution is -2.07. The number of hydrogen-bond acceptors (Lipinski definition) is 5. The number of benzene rings is 2. The van der Waals surface area contributed by atoms with Crippen molar-refractivity contribution in [1.82, 2.24) is 15.0 Å². The van der Waals surface area contributed by atoms with E-state index in [1.165, 1.54) is 6.20 Å². The number of sulfone groups is 1. The Kier molecular flexibility index (Phi) is 4.48. The van der Waals surface area contributed by atoms with E-state index in [1.54, 1.807) is 48.7 Å². The van der Waals surface area contributed by atoms with Crippen LogP contribution in [0.25, 0.3) is 22.8 Å². The lowest BCUT2D eigenvalue weighted by molar-refractivity contribution is 0.595. The maximum absolute atomic E-state index is 13.2. The fourth-order valence-electron chi connectivity index (χ4n) is 2.72. The van der Waals surface area contributed by atoms with Crippen LogP contribution in [0.4, 0.5) is 0 Å². The van der Waals surface area contributed by atoms with Gasteiger partial charge in [-0.3, -0.25) is 4.98 Å². The highest BCUT2D eigenvalue weighted by Crippen LogP contribution is 2.30. The van der Waals surface area contributed by atoms with Crippen LogP contribution in [-0.4, -0.2) is 23.4 Å². The molecule has 0 bridgehead atoms. The molecule has 0 amide bonds. The van der Waals surface area contributed by atoms with Crippen molar-refractivity contribution in [2.45, 2.75) is 9.79 Å². The zero-order chi connectivity index (χ0) is 18.7. The van der Waals surface area contributed by atoms with Crippen LogP contribution >= 0.6 is 0 Å². The second-order valence-corrected chi connectivity index (χ2v) is 7.72. The van der Waals surface area contributed by atoms with Gasteiger partial charge in [0.25, 0.3) is 0 Å². The van der Waals surface area contributed by atoms with Crippen molar-refractivity contribution < 1.29 is 8.42 Å². The van der Waals surface area contributed by atoms with Gasteiger partial charge in [-0.05, 0) is 24.3 Å². The summed E-state index contributed by atoms with van der Waals surface area (Å²) < 4.78 is 26.4. The first-order chi connectivity index (χ1) is 13.2. The lowest BCUT2D eigenvalue weighted by Gasteiger charge is -2.11. The standard InChI is InChI=1S/C21H15N3O2S/c25-27(26,17-11-5-2-6-12-17)19-15-23-21(18-13-7-8-14-22-18)24-20(19)16-9-3-1-4-10-16/h1-15H. The van der Waals surface area contributed by atoms with Gasteiger partial charge in [-0.1, -0.05) is 54.6 Å². The predicted octanol–water partition coefficient (Wildman–Crippen LogP) is 4.04. The quantitative estimate of drug-likeness (QED) is 0.540. The summed E-state index contributed by atoms with van der Waals surface area (Å²) in [5.41, 5.74) is 1.64. The minimum absolute atomic E-state index is 0.0691. The maximum Gasteiger partial charge on any atom is 0.210 e. The molecule has 5 nitrogen and oxygen atoms in total. The lowest BCUT2D eigenvalue weighted by atomic mass is 10.1. The fourth-order valence-corrected chi connectivity index (χ4v) is 4.09. The molecule has 2 aromatic carbocycles. The van der Waals surface area contributed by atoms with Gasteiger partial charge in [0.2, 0.25) is 9.84 Å². The number of aromatic nitrogens is 3. The Bertz CT molecular complexity index is 1160. The molecule has 4 aromatic rings. The molecule has 132 valence electrons. The summed E-state index contributed by atoms with van der Waals surface area (Å²) >= 11 is 0. The van der Waals surface area contributed by atoms with E-state index in [0.29, 0.717) is 22.8 Å². The molecule has 0 aliphatic rings. The van der Waals surface area contributed by atoms with Gasteiger partial charge in [0.15, 0.2) is 5.82 Å². The van der Waals surface area contributed by atoms with Crippen molar-refractivity contribution >= 4 is 9.84 Å². The molecule has 0 saturated heterocycles. The number of nitrogens with zero attached hydrogens (tertiary/aromatic N) is 3. The van der Waals surface area contributed by atoms with Crippen molar-refractivity contribution in [1.29, 1.82) is 0 Å². The largest absolute Gasteiger partial charge is 0.253 e. The molecule has 2 aromatic heterocycles. The maximum atomic E-state index is 13.2. The molecule has 0 spiro atoms. The van der Waals surface area contributed by atoms with E-state index in [4.69, 9.17) is 0 Å². The molecule has 2 heterocycles. The monoisotopic (exact) mass is 373 g/mol. The van der Waals surface area contributed by atoms with Crippen LogP contribution in [0.5, 0.6) is 0 Å². The Labute approximate surface area is 157 Å². The van der Waals surface area contributed by atoms with E-state index in [1.807, 2.05) is 36.4 Å². The van der Waals surface area contributed by atoms with Crippen LogP contribution in [0.2, 0.25) is 0 Å². The van der Waals surface area contributed by atoms with Crippen LogP contribution < -0.4 is 0 Å². The van der Waals surface area contributed by atoms with E-state index < -0.39 is 9.84 Å². The normalized spacial score (nSPS) is 11.3. The number of pyridine rings is 1.